The van der Waals surface area contributed by atoms with Gasteiger partial charge in [0.25, 0.3) is 0 Å². The molecule has 4 rings (SSSR count). The number of hydrogen-bond donors (Lipinski definition) is 1. The number of anilines is 1. The predicted molar refractivity (Wildman–Crippen MR) is 90.4 cm³/mol. The average molecular weight is 340 g/mol. The summed E-state index contributed by atoms with van der Waals surface area (Å²) in [6, 6.07) is 14.0. The molecule has 0 amide bonds. The lowest BCUT2D eigenvalue weighted by Gasteiger charge is -2.19. The Balaban J connectivity index is 1.87. The van der Waals surface area contributed by atoms with E-state index >= 15 is 0 Å². The molecule has 2 aromatic carbocycles. The maximum atomic E-state index is 13.6. The smallest absolute Gasteiger partial charge is 0.247 e. The van der Waals surface area contributed by atoms with Crippen molar-refractivity contribution in [2.75, 3.05) is 11.6 Å². The molecule has 0 saturated carbocycles. The lowest BCUT2D eigenvalue weighted by molar-refractivity contribution is 0.225. The lowest BCUT2D eigenvalue weighted by atomic mass is 10.1. The molecule has 1 atom stereocenters. The highest BCUT2D eigenvalue weighted by molar-refractivity contribution is 7.98. The molecule has 0 bridgehead atoms. The third kappa shape index (κ3) is 2.67. The summed E-state index contributed by atoms with van der Waals surface area (Å²) in [6.45, 7) is 0. The zero-order chi connectivity index (χ0) is 16.5. The van der Waals surface area contributed by atoms with Crippen molar-refractivity contribution in [3.63, 3.8) is 0 Å². The van der Waals surface area contributed by atoms with Crippen molar-refractivity contribution >= 4 is 17.4 Å². The highest BCUT2D eigenvalue weighted by atomic mass is 32.2. The first-order valence-corrected chi connectivity index (χ1v) is 8.54. The maximum Gasteiger partial charge on any atom is 0.247 e. The monoisotopic (exact) mass is 340 g/mol. The maximum absolute atomic E-state index is 13.6. The Hall–Kier alpha value is -2.67. The van der Waals surface area contributed by atoms with E-state index in [4.69, 9.17) is 4.74 Å². The van der Waals surface area contributed by atoms with Gasteiger partial charge in [-0.25, -0.2) is 4.39 Å². The Morgan fingerprint density at radius 1 is 1.12 bits per heavy atom. The number of fused-ring (bicyclic) bond motifs is 3. The molecule has 1 N–H and O–H groups in total. The molecule has 7 heteroatoms. The van der Waals surface area contributed by atoms with E-state index in [1.165, 1.54) is 23.9 Å². The van der Waals surface area contributed by atoms with Gasteiger partial charge in [0, 0.05) is 16.8 Å². The summed E-state index contributed by atoms with van der Waals surface area (Å²) in [5.74, 6) is 0.0577. The van der Waals surface area contributed by atoms with Gasteiger partial charge in [0.2, 0.25) is 11.0 Å². The van der Waals surface area contributed by atoms with E-state index in [1.807, 2.05) is 30.5 Å². The molecule has 0 spiro atoms. The molecular weight excluding hydrogens is 327 g/mol. The van der Waals surface area contributed by atoms with Gasteiger partial charge in [0.1, 0.15) is 5.82 Å². The van der Waals surface area contributed by atoms with Gasteiger partial charge in [-0.3, -0.25) is 0 Å². The van der Waals surface area contributed by atoms with Crippen LogP contribution in [0.4, 0.5) is 10.1 Å². The number of para-hydroxylation sites is 1. The minimum absolute atomic E-state index is 0.318. The molecule has 2 heterocycles. The summed E-state index contributed by atoms with van der Waals surface area (Å²) in [6.07, 6.45) is 1.30. The Kier molecular flexibility index (Phi) is 3.78. The van der Waals surface area contributed by atoms with Crippen LogP contribution in [0.25, 0.3) is 11.3 Å². The molecular formula is C17H13FN4OS. The number of benzene rings is 2. The van der Waals surface area contributed by atoms with Crippen LogP contribution in [0.15, 0.2) is 53.7 Å². The number of nitrogens with one attached hydrogen (secondary N) is 1. The van der Waals surface area contributed by atoms with E-state index in [1.54, 1.807) is 12.1 Å². The van der Waals surface area contributed by atoms with Crippen molar-refractivity contribution in [1.29, 1.82) is 0 Å². The molecule has 0 radical (unpaired) electrons. The van der Waals surface area contributed by atoms with E-state index in [0.717, 1.165) is 11.3 Å². The number of rotatable bonds is 2. The van der Waals surface area contributed by atoms with Crippen molar-refractivity contribution in [2.24, 2.45) is 0 Å². The van der Waals surface area contributed by atoms with Gasteiger partial charge in [-0.05, 0) is 24.5 Å². The predicted octanol–water partition coefficient (Wildman–Crippen LogP) is 3.90. The van der Waals surface area contributed by atoms with Crippen LogP contribution in [0.1, 0.15) is 11.8 Å². The third-order valence-corrected chi connectivity index (χ3v) is 4.21. The number of aromatic nitrogens is 3. The molecule has 0 unspecified atom stereocenters. The van der Waals surface area contributed by atoms with E-state index in [2.05, 4.69) is 20.5 Å². The van der Waals surface area contributed by atoms with Gasteiger partial charge >= 0.3 is 0 Å². The fourth-order valence-corrected chi connectivity index (χ4v) is 2.85. The normalized spacial score (nSPS) is 15.5. The van der Waals surface area contributed by atoms with Crippen LogP contribution in [0.2, 0.25) is 0 Å². The molecule has 0 fully saturated rings. The molecule has 0 saturated heterocycles. The second-order valence-electron chi connectivity index (χ2n) is 5.20. The number of hydrogen-bond acceptors (Lipinski definition) is 6. The standard InChI is InChI=1S/C17H13FN4OS/c1-24-17-20-16-14(21-22-17)12-7-2-3-8-13(12)19-15(23-16)10-5-4-6-11(18)9-10/h2-9,15,19H,1H3/t15-/m1/s1. The lowest BCUT2D eigenvalue weighted by Crippen LogP contribution is -2.17. The minimum Gasteiger partial charge on any atom is -0.448 e. The molecule has 5 nitrogen and oxygen atoms in total. The number of nitrogens with zero attached hydrogens (tertiary/aromatic N) is 3. The van der Waals surface area contributed by atoms with Gasteiger partial charge in [-0.1, -0.05) is 42.1 Å². The zero-order valence-corrected chi connectivity index (χ0v) is 13.5. The second kappa shape index (κ2) is 6.09. The minimum atomic E-state index is -0.575. The third-order valence-electron chi connectivity index (χ3n) is 3.67. The summed E-state index contributed by atoms with van der Waals surface area (Å²) in [7, 11) is 0. The molecule has 1 aliphatic heterocycles. The van der Waals surface area contributed by atoms with Crippen LogP contribution in [-0.2, 0) is 0 Å². The number of halogens is 1. The summed E-state index contributed by atoms with van der Waals surface area (Å²) in [5, 5.41) is 12.2. The van der Waals surface area contributed by atoms with Gasteiger partial charge < -0.3 is 10.1 Å². The Morgan fingerprint density at radius 2 is 2.00 bits per heavy atom. The number of ether oxygens (including phenoxy) is 1. The van der Waals surface area contributed by atoms with Crippen LogP contribution in [0.3, 0.4) is 0 Å². The second-order valence-corrected chi connectivity index (χ2v) is 5.97. The summed E-state index contributed by atoms with van der Waals surface area (Å²) in [4.78, 5) is 4.42. The van der Waals surface area contributed by atoms with Crippen LogP contribution >= 0.6 is 11.8 Å². The summed E-state index contributed by atoms with van der Waals surface area (Å²) >= 11 is 1.38. The quantitative estimate of drug-likeness (QED) is 0.714. The van der Waals surface area contributed by atoms with Crippen LogP contribution < -0.4 is 10.1 Å². The zero-order valence-electron chi connectivity index (χ0n) is 12.7. The van der Waals surface area contributed by atoms with Crippen LogP contribution in [0.5, 0.6) is 5.88 Å². The molecule has 24 heavy (non-hydrogen) atoms. The molecule has 3 aromatic rings. The van der Waals surface area contributed by atoms with Gasteiger partial charge in [-0.2, -0.15) is 4.98 Å². The number of thioether (sulfide) groups is 1. The molecule has 1 aliphatic rings. The Labute approximate surface area is 142 Å². The fraction of sp³-hybridized carbons (Fsp3) is 0.118. The molecule has 0 aliphatic carbocycles. The average Bonchev–Trinajstić information content (AvgIpc) is 2.78. The van der Waals surface area contributed by atoms with Gasteiger partial charge in [0.05, 0.1) is 0 Å². The fourth-order valence-electron chi connectivity index (χ4n) is 2.55. The first kappa shape index (κ1) is 14.9. The van der Waals surface area contributed by atoms with Crippen LogP contribution in [0, 0.1) is 5.82 Å². The van der Waals surface area contributed by atoms with Gasteiger partial charge in [-0.15, -0.1) is 10.2 Å². The van der Waals surface area contributed by atoms with Crippen molar-refractivity contribution in [1.82, 2.24) is 15.2 Å². The Bertz CT molecular complexity index is 905. The topological polar surface area (TPSA) is 59.9 Å². The van der Waals surface area contributed by atoms with E-state index in [0.29, 0.717) is 22.3 Å². The van der Waals surface area contributed by atoms with Crippen LogP contribution in [-0.4, -0.2) is 21.4 Å². The van der Waals surface area contributed by atoms with E-state index < -0.39 is 6.23 Å². The highest BCUT2D eigenvalue weighted by Crippen LogP contribution is 2.39. The first-order chi connectivity index (χ1) is 11.7. The van der Waals surface area contributed by atoms with Crippen molar-refractivity contribution in [3.8, 4) is 17.1 Å². The van der Waals surface area contributed by atoms with Crippen molar-refractivity contribution in [3.05, 3.63) is 59.9 Å². The van der Waals surface area contributed by atoms with Crippen molar-refractivity contribution < 1.29 is 9.13 Å². The van der Waals surface area contributed by atoms with E-state index in [-0.39, 0.29) is 5.82 Å². The first-order valence-electron chi connectivity index (χ1n) is 7.31. The SMILES string of the molecule is CSc1nnc2c(n1)O[C@H](c1cccc(F)c1)Nc1ccccc1-2. The summed E-state index contributed by atoms with van der Waals surface area (Å²) < 4.78 is 19.6. The van der Waals surface area contributed by atoms with Crippen molar-refractivity contribution in [2.45, 2.75) is 11.4 Å². The largest absolute Gasteiger partial charge is 0.448 e. The van der Waals surface area contributed by atoms with E-state index in [9.17, 15) is 4.39 Å². The molecule has 120 valence electrons. The molecule has 1 aromatic heterocycles. The summed E-state index contributed by atoms with van der Waals surface area (Å²) in [5.41, 5.74) is 2.91. The Morgan fingerprint density at radius 3 is 2.83 bits per heavy atom. The van der Waals surface area contributed by atoms with Gasteiger partial charge in [0.15, 0.2) is 11.9 Å². The highest BCUT2D eigenvalue weighted by Gasteiger charge is 2.25.